The summed E-state index contributed by atoms with van der Waals surface area (Å²) in [5.41, 5.74) is -1.32. The number of hydrogen-bond acceptors (Lipinski definition) is 6. The molecule has 0 unspecified atom stereocenters. The molecule has 0 bridgehead atoms. The van der Waals surface area contributed by atoms with Gasteiger partial charge in [0.1, 0.15) is 6.61 Å². The molecule has 8 nitrogen and oxygen atoms in total. The van der Waals surface area contributed by atoms with Gasteiger partial charge in [0.05, 0.1) is 6.10 Å². The van der Waals surface area contributed by atoms with Crippen LogP contribution in [0.3, 0.4) is 0 Å². The molecule has 1 saturated heterocycles. The van der Waals surface area contributed by atoms with E-state index in [-0.39, 0.29) is 31.5 Å². The Morgan fingerprint density at radius 2 is 2.09 bits per heavy atom. The zero-order valence-electron chi connectivity index (χ0n) is 12.2. The van der Waals surface area contributed by atoms with Gasteiger partial charge in [-0.3, -0.25) is 9.59 Å². The van der Waals surface area contributed by atoms with E-state index < -0.39 is 11.4 Å². The summed E-state index contributed by atoms with van der Waals surface area (Å²) in [5.74, 6) is -0.530. The van der Waals surface area contributed by atoms with Crippen molar-refractivity contribution in [2.75, 3.05) is 13.1 Å². The van der Waals surface area contributed by atoms with E-state index >= 15 is 0 Å². The maximum absolute atomic E-state index is 12.4. The summed E-state index contributed by atoms with van der Waals surface area (Å²) < 4.78 is 10.8. The molecule has 1 aromatic rings. The molecule has 3 rings (SSSR count). The number of amides is 1. The van der Waals surface area contributed by atoms with E-state index in [0.29, 0.717) is 24.9 Å². The first-order valence-electron chi connectivity index (χ1n) is 7.09. The molecule has 2 heterocycles. The van der Waals surface area contributed by atoms with E-state index in [2.05, 4.69) is 10.2 Å². The molecule has 1 N–H and O–H groups in total. The summed E-state index contributed by atoms with van der Waals surface area (Å²) in [6, 6.07) is 0. The number of rotatable bonds is 5. The lowest BCUT2D eigenvalue weighted by Gasteiger charge is -2.42. The molecule has 1 fully saturated rings. The lowest BCUT2D eigenvalue weighted by Crippen LogP contribution is -2.60. The third-order valence-corrected chi connectivity index (χ3v) is 4.06. The third kappa shape index (κ3) is 2.50. The van der Waals surface area contributed by atoms with Crippen LogP contribution >= 0.6 is 0 Å². The maximum atomic E-state index is 12.4. The van der Waals surface area contributed by atoms with Gasteiger partial charge in [-0.2, -0.15) is 0 Å². The summed E-state index contributed by atoms with van der Waals surface area (Å²) in [6.07, 6.45) is 3.88. The zero-order chi connectivity index (χ0) is 15.7. The monoisotopic (exact) mass is 307 g/mol. The number of carboxylic acids is 1. The van der Waals surface area contributed by atoms with Crippen LogP contribution in [0.1, 0.15) is 24.6 Å². The van der Waals surface area contributed by atoms with Crippen LogP contribution in [0.4, 0.5) is 0 Å². The van der Waals surface area contributed by atoms with E-state index in [0.717, 1.165) is 0 Å². The number of aromatic nitrogens is 2. The summed E-state index contributed by atoms with van der Waals surface area (Å²) in [7, 11) is 0. The van der Waals surface area contributed by atoms with Gasteiger partial charge in [-0.25, -0.2) is 0 Å². The van der Waals surface area contributed by atoms with Crippen molar-refractivity contribution < 1.29 is 23.8 Å². The number of aliphatic carboxylic acids is 1. The first-order chi connectivity index (χ1) is 10.5. The lowest BCUT2D eigenvalue weighted by molar-refractivity contribution is -0.168. The predicted octanol–water partition coefficient (Wildman–Crippen LogP) is 0.526. The molecule has 1 amide bonds. The lowest BCUT2D eigenvalue weighted by atomic mass is 9.83. The highest BCUT2D eigenvalue weighted by Gasteiger charge is 2.50. The number of carbonyl (C=O) groups excluding carboxylic acids is 1. The van der Waals surface area contributed by atoms with Crippen molar-refractivity contribution in [2.24, 2.45) is 5.41 Å². The molecule has 0 atom stereocenters. The number of nitrogens with zero attached hydrogens (tertiary/aromatic N) is 3. The van der Waals surface area contributed by atoms with Gasteiger partial charge in [0, 0.05) is 20.0 Å². The first-order valence-corrected chi connectivity index (χ1v) is 7.09. The first kappa shape index (κ1) is 14.7. The minimum atomic E-state index is -1.32. The van der Waals surface area contributed by atoms with Crippen molar-refractivity contribution in [2.45, 2.75) is 32.5 Å². The average Bonchev–Trinajstić information content (AvgIpc) is 3.06. The smallest absolute Gasteiger partial charge is 0.319 e. The highest BCUT2D eigenvalue weighted by atomic mass is 16.5. The number of allylic oxidation sites excluding steroid dienone is 2. The fourth-order valence-corrected chi connectivity index (χ4v) is 2.69. The van der Waals surface area contributed by atoms with Crippen molar-refractivity contribution in [3.63, 3.8) is 0 Å². The second-order valence-electron chi connectivity index (χ2n) is 5.62. The van der Waals surface area contributed by atoms with Gasteiger partial charge in [0.25, 0.3) is 0 Å². The molecule has 8 heteroatoms. The van der Waals surface area contributed by atoms with Crippen molar-refractivity contribution >= 4 is 11.9 Å². The highest BCUT2D eigenvalue weighted by Crippen LogP contribution is 2.37. The molecule has 1 aliphatic carbocycles. The topological polar surface area (TPSA) is 106 Å². The molecular formula is C14H17N3O5. The molecule has 0 spiro atoms. The van der Waals surface area contributed by atoms with E-state index in [1.54, 1.807) is 19.1 Å². The Morgan fingerprint density at radius 1 is 1.41 bits per heavy atom. The van der Waals surface area contributed by atoms with Crippen LogP contribution in [0.25, 0.3) is 0 Å². The standard InChI is InChI=1S/C14H17N3O5/c1-9-15-16-11(22-9)8-21-10-6-17(7-10)12(18)14(13(19)20)4-2-3-5-14/h2-3,10H,4-8H2,1H3,(H,19,20). The fourth-order valence-electron chi connectivity index (χ4n) is 2.69. The molecule has 0 radical (unpaired) electrons. The Kier molecular flexibility index (Phi) is 3.69. The second-order valence-corrected chi connectivity index (χ2v) is 5.62. The summed E-state index contributed by atoms with van der Waals surface area (Å²) in [4.78, 5) is 25.4. The molecule has 118 valence electrons. The molecule has 2 aliphatic rings. The zero-order valence-corrected chi connectivity index (χ0v) is 12.2. The minimum Gasteiger partial charge on any atom is -0.480 e. The van der Waals surface area contributed by atoms with E-state index in [1.807, 2.05) is 0 Å². The van der Waals surface area contributed by atoms with Gasteiger partial charge < -0.3 is 19.2 Å². The Hall–Kier alpha value is -2.22. The van der Waals surface area contributed by atoms with Crippen LogP contribution in [0.5, 0.6) is 0 Å². The van der Waals surface area contributed by atoms with Gasteiger partial charge in [-0.15, -0.1) is 10.2 Å². The largest absolute Gasteiger partial charge is 0.480 e. The van der Waals surface area contributed by atoms with E-state index in [1.165, 1.54) is 4.90 Å². The van der Waals surface area contributed by atoms with Crippen molar-refractivity contribution in [3.05, 3.63) is 23.9 Å². The van der Waals surface area contributed by atoms with Gasteiger partial charge >= 0.3 is 5.97 Å². The van der Waals surface area contributed by atoms with Crippen molar-refractivity contribution in [1.29, 1.82) is 0 Å². The van der Waals surface area contributed by atoms with Crippen LogP contribution in [-0.2, 0) is 20.9 Å². The molecule has 1 aromatic heterocycles. The Balaban J connectivity index is 1.50. The number of likely N-dealkylation sites (tertiary alicyclic amines) is 1. The van der Waals surface area contributed by atoms with Gasteiger partial charge in [0.2, 0.25) is 17.7 Å². The average molecular weight is 307 g/mol. The summed E-state index contributed by atoms with van der Waals surface area (Å²) in [5, 5.41) is 16.9. The summed E-state index contributed by atoms with van der Waals surface area (Å²) in [6.45, 7) is 2.67. The maximum Gasteiger partial charge on any atom is 0.319 e. The molecule has 0 saturated carbocycles. The SMILES string of the molecule is Cc1nnc(COC2CN(C(=O)C3(C(=O)O)CC=CC3)C2)o1. The van der Waals surface area contributed by atoms with Gasteiger partial charge in [-0.1, -0.05) is 12.2 Å². The van der Waals surface area contributed by atoms with Crippen LogP contribution in [0.2, 0.25) is 0 Å². The molecule has 1 aliphatic heterocycles. The van der Waals surface area contributed by atoms with Crippen LogP contribution in [0, 0.1) is 12.3 Å². The minimum absolute atomic E-state index is 0.128. The van der Waals surface area contributed by atoms with Gasteiger partial charge in [0.15, 0.2) is 5.41 Å². The van der Waals surface area contributed by atoms with Crippen LogP contribution < -0.4 is 0 Å². The van der Waals surface area contributed by atoms with Crippen LogP contribution in [-0.4, -0.2) is 51.3 Å². The predicted molar refractivity (Wildman–Crippen MR) is 72.6 cm³/mol. The number of aryl methyl sites for hydroxylation is 1. The van der Waals surface area contributed by atoms with Crippen molar-refractivity contribution in [3.8, 4) is 0 Å². The van der Waals surface area contributed by atoms with Crippen molar-refractivity contribution in [1.82, 2.24) is 15.1 Å². The van der Waals surface area contributed by atoms with Gasteiger partial charge in [-0.05, 0) is 12.8 Å². The normalized spacial score (nSPS) is 20.1. The fraction of sp³-hybridized carbons (Fsp3) is 0.571. The highest BCUT2D eigenvalue weighted by molar-refractivity contribution is 6.03. The second kappa shape index (κ2) is 5.53. The number of ether oxygens (including phenoxy) is 1. The molecule has 22 heavy (non-hydrogen) atoms. The van der Waals surface area contributed by atoms with E-state index in [4.69, 9.17) is 9.15 Å². The Bertz CT molecular complexity index is 610. The van der Waals surface area contributed by atoms with E-state index in [9.17, 15) is 14.7 Å². The molecular weight excluding hydrogens is 290 g/mol. The number of hydrogen-bond donors (Lipinski definition) is 1. The quantitative estimate of drug-likeness (QED) is 0.624. The Morgan fingerprint density at radius 3 is 2.64 bits per heavy atom. The summed E-state index contributed by atoms with van der Waals surface area (Å²) >= 11 is 0. The molecule has 0 aromatic carbocycles. The third-order valence-electron chi connectivity index (χ3n) is 4.06. The number of carbonyl (C=O) groups is 2. The van der Waals surface area contributed by atoms with Crippen LogP contribution in [0.15, 0.2) is 16.6 Å². The number of carboxylic acid groups (broad SMARTS) is 1. The Labute approximate surface area is 126 Å².